The van der Waals surface area contributed by atoms with Crippen molar-refractivity contribution in [2.24, 2.45) is 0 Å². The van der Waals surface area contributed by atoms with Gasteiger partial charge in [-0.15, -0.1) is 11.6 Å². The van der Waals surface area contributed by atoms with Crippen LogP contribution in [0.4, 0.5) is 4.39 Å². The van der Waals surface area contributed by atoms with Crippen LogP contribution in [0, 0.1) is 5.82 Å². The predicted molar refractivity (Wildman–Crippen MR) is 142 cm³/mol. The van der Waals surface area contributed by atoms with Crippen LogP contribution in [0.25, 0.3) is 22.3 Å². The van der Waals surface area contributed by atoms with E-state index in [1.165, 1.54) is 32.4 Å². The van der Waals surface area contributed by atoms with Crippen molar-refractivity contribution in [1.82, 2.24) is 0 Å². The number of phenols is 1. The Morgan fingerprint density at radius 3 is 2.16 bits per heavy atom. The summed E-state index contributed by atoms with van der Waals surface area (Å²) in [5.41, 5.74) is 1.73. The number of alkyl halides is 1. The first-order valence-corrected chi connectivity index (χ1v) is 13.6. The predicted octanol–water partition coefficient (Wildman–Crippen LogP) is 6.40. The normalized spacial score (nSPS) is 11.8. The van der Waals surface area contributed by atoms with Crippen molar-refractivity contribution >= 4 is 21.7 Å². The van der Waals surface area contributed by atoms with E-state index in [-0.39, 0.29) is 39.2 Å². The number of hydrogen-bond donors (Lipinski definition) is 1. The third-order valence-electron chi connectivity index (χ3n) is 5.44. The second kappa shape index (κ2) is 11.5. The van der Waals surface area contributed by atoms with E-state index in [0.29, 0.717) is 36.1 Å². The van der Waals surface area contributed by atoms with Crippen LogP contribution in [0.1, 0.15) is 26.7 Å². The van der Waals surface area contributed by atoms with Gasteiger partial charge in [0.15, 0.2) is 23.0 Å². The molecule has 0 bridgehead atoms. The van der Waals surface area contributed by atoms with Gasteiger partial charge >= 0.3 is 10.1 Å². The van der Waals surface area contributed by atoms with Gasteiger partial charge in [0.25, 0.3) is 0 Å². The fraction of sp³-hybridized carbons (Fsp3) is 0.333. The third-order valence-corrected chi connectivity index (χ3v) is 6.12. The third kappa shape index (κ3) is 7.42. The largest absolute Gasteiger partial charge is 0.504 e. The summed E-state index contributed by atoms with van der Waals surface area (Å²) < 4.78 is 59.4. The van der Waals surface area contributed by atoms with E-state index in [2.05, 4.69) is 0 Å². The van der Waals surface area contributed by atoms with E-state index >= 15 is 0 Å². The Balaban J connectivity index is 2.08. The minimum absolute atomic E-state index is 0.0480. The molecule has 0 heterocycles. The fourth-order valence-corrected chi connectivity index (χ4v) is 4.39. The molecule has 0 unspecified atom stereocenters. The number of phenolic OH excluding ortho intramolecular Hbond substituents is 1. The molecule has 0 aromatic heterocycles. The number of hydrogen-bond acceptors (Lipinski definition) is 7. The fourth-order valence-electron chi connectivity index (χ4n) is 3.80. The lowest BCUT2D eigenvalue weighted by molar-refractivity contribution is 0.292. The van der Waals surface area contributed by atoms with Gasteiger partial charge in [0.2, 0.25) is 0 Å². The van der Waals surface area contributed by atoms with Crippen molar-refractivity contribution in [3.8, 4) is 51.0 Å². The van der Waals surface area contributed by atoms with Crippen molar-refractivity contribution < 1.29 is 36.3 Å². The summed E-state index contributed by atoms with van der Waals surface area (Å²) in [7, 11) is -1.06. The highest BCUT2D eigenvalue weighted by molar-refractivity contribution is 7.86. The highest BCUT2D eigenvalue weighted by atomic mass is 35.5. The second-order valence-corrected chi connectivity index (χ2v) is 11.6. The molecule has 3 aromatic rings. The molecule has 0 spiro atoms. The summed E-state index contributed by atoms with van der Waals surface area (Å²) in [6.45, 7) is 4.10. The smallest absolute Gasteiger partial charge is 0.306 e. The van der Waals surface area contributed by atoms with Crippen molar-refractivity contribution in [1.29, 1.82) is 0 Å². The Morgan fingerprint density at radius 1 is 0.946 bits per heavy atom. The molecule has 7 nitrogen and oxygen atoms in total. The van der Waals surface area contributed by atoms with Crippen molar-refractivity contribution in [3.05, 3.63) is 54.3 Å². The number of ether oxygens (including phenoxy) is 3. The molecule has 0 saturated carbocycles. The van der Waals surface area contributed by atoms with Gasteiger partial charge in [-0.25, -0.2) is 4.39 Å². The molecule has 3 rings (SSSR count). The first-order valence-electron chi connectivity index (χ1n) is 11.4. The molecule has 0 atom stereocenters. The van der Waals surface area contributed by atoms with Gasteiger partial charge in [0, 0.05) is 10.4 Å². The Bertz CT molecular complexity index is 1350. The highest BCUT2D eigenvalue weighted by Crippen LogP contribution is 2.50. The van der Waals surface area contributed by atoms with E-state index in [0.717, 1.165) is 6.26 Å². The number of benzene rings is 3. The topological polar surface area (TPSA) is 91.3 Å². The molecule has 200 valence electrons. The summed E-state index contributed by atoms with van der Waals surface area (Å²) >= 11 is 6.23. The molecule has 0 aliphatic carbocycles. The van der Waals surface area contributed by atoms with Gasteiger partial charge in [0.05, 0.1) is 32.6 Å². The molecule has 3 aromatic carbocycles. The van der Waals surface area contributed by atoms with Crippen LogP contribution in [0.2, 0.25) is 0 Å². The summed E-state index contributed by atoms with van der Waals surface area (Å²) in [6.07, 6.45) is 2.27. The molecule has 1 N–H and O–H groups in total. The monoisotopic (exact) mass is 552 g/mol. The van der Waals surface area contributed by atoms with Crippen LogP contribution < -0.4 is 18.4 Å². The molecule has 0 amide bonds. The van der Waals surface area contributed by atoms with Crippen molar-refractivity contribution in [3.63, 3.8) is 0 Å². The van der Waals surface area contributed by atoms with Crippen LogP contribution in [0.15, 0.2) is 48.5 Å². The van der Waals surface area contributed by atoms with Crippen LogP contribution in [-0.4, -0.2) is 45.5 Å². The molecule has 0 aliphatic heterocycles. The summed E-state index contributed by atoms with van der Waals surface area (Å²) in [5, 5.41) is 11.2. The van der Waals surface area contributed by atoms with Gasteiger partial charge in [-0.3, -0.25) is 0 Å². The lowest BCUT2D eigenvalue weighted by atomic mass is 9.96. The van der Waals surface area contributed by atoms with Crippen LogP contribution in [-0.2, 0) is 10.1 Å². The Labute approximate surface area is 221 Å². The average Bonchev–Trinajstić information content (AvgIpc) is 2.81. The van der Waals surface area contributed by atoms with E-state index in [4.69, 9.17) is 30.0 Å². The molecular weight excluding hydrogens is 523 g/mol. The molecule has 0 fully saturated rings. The maximum Gasteiger partial charge on any atom is 0.306 e. The molecule has 0 radical (unpaired) electrons. The standard InChI is InChI=1S/C27H30ClFO7S/c1-27(2,28)13-6-14-35-21-12-9-18(15-22(21)36-37(5,31)32)24-23(33-3)16-20(26(34-4)25(24)30)17-7-10-19(29)11-8-17/h7-12,15-16,30H,6,13-14H2,1-5H3. The zero-order valence-corrected chi connectivity index (χ0v) is 22.9. The van der Waals surface area contributed by atoms with Crippen LogP contribution >= 0.6 is 11.6 Å². The lowest BCUT2D eigenvalue weighted by Crippen LogP contribution is -2.12. The second-order valence-electron chi connectivity index (χ2n) is 9.01. The van der Waals surface area contributed by atoms with Gasteiger partial charge in [-0.05, 0) is 68.1 Å². The van der Waals surface area contributed by atoms with E-state index in [1.54, 1.807) is 30.3 Å². The Kier molecular flexibility index (Phi) is 8.81. The molecular formula is C27H30ClFO7S. The zero-order valence-electron chi connectivity index (χ0n) is 21.3. The van der Waals surface area contributed by atoms with Gasteiger partial charge in [0.1, 0.15) is 11.6 Å². The quantitative estimate of drug-likeness (QED) is 0.167. The molecule has 0 saturated heterocycles. The number of halogens is 2. The zero-order chi connectivity index (χ0) is 27.4. The van der Waals surface area contributed by atoms with E-state index in [9.17, 15) is 17.9 Å². The van der Waals surface area contributed by atoms with Crippen molar-refractivity contribution in [2.45, 2.75) is 31.6 Å². The summed E-state index contributed by atoms with van der Waals surface area (Å²) in [5.74, 6) is -0.0619. The highest BCUT2D eigenvalue weighted by Gasteiger charge is 2.24. The Morgan fingerprint density at radius 2 is 1.59 bits per heavy atom. The molecule has 37 heavy (non-hydrogen) atoms. The lowest BCUT2D eigenvalue weighted by Gasteiger charge is -2.19. The molecule has 0 aliphatic rings. The van der Waals surface area contributed by atoms with Gasteiger partial charge in [-0.2, -0.15) is 8.42 Å². The minimum atomic E-state index is -3.89. The number of rotatable bonds is 11. The van der Waals surface area contributed by atoms with E-state index in [1.807, 2.05) is 13.8 Å². The number of aromatic hydroxyl groups is 1. The SMILES string of the molecule is COc1cc(-c2ccc(F)cc2)c(OC)c(O)c1-c1ccc(OCCCC(C)(C)Cl)c(OS(C)(=O)=O)c1. The van der Waals surface area contributed by atoms with Crippen LogP contribution in [0.5, 0.6) is 28.7 Å². The van der Waals surface area contributed by atoms with Gasteiger partial charge in [-0.1, -0.05) is 18.2 Å². The van der Waals surface area contributed by atoms with E-state index < -0.39 is 15.9 Å². The number of methoxy groups -OCH3 is 2. The summed E-state index contributed by atoms with van der Waals surface area (Å²) in [6, 6.07) is 12.0. The first-order chi connectivity index (χ1) is 17.3. The maximum atomic E-state index is 13.5. The van der Waals surface area contributed by atoms with Crippen molar-refractivity contribution in [2.75, 3.05) is 27.1 Å². The van der Waals surface area contributed by atoms with Crippen LogP contribution in [0.3, 0.4) is 0 Å². The molecule has 10 heteroatoms. The Hall–Kier alpha value is -3.17. The summed E-state index contributed by atoms with van der Waals surface area (Å²) in [4.78, 5) is -0.382. The minimum Gasteiger partial charge on any atom is -0.504 e. The first kappa shape index (κ1) is 28.4. The average molecular weight is 553 g/mol. The van der Waals surface area contributed by atoms with Gasteiger partial charge < -0.3 is 23.5 Å². The maximum absolute atomic E-state index is 13.5.